The molecule has 2 saturated heterocycles. The average molecular weight is 345 g/mol. The molecule has 0 aliphatic carbocycles. The van der Waals surface area contributed by atoms with Crippen LogP contribution in [0.4, 0.5) is 0 Å². The lowest BCUT2D eigenvalue weighted by Crippen LogP contribution is -2.43. The van der Waals surface area contributed by atoms with Crippen LogP contribution in [0.15, 0.2) is 29.2 Å². The van der Waals surface area contributed by atoms with Gasteiger partial charge in [0.2, 0.25) is 5.91 Å². The van der Waals surface area contributed by atoms with Crippen molar-refractivity contribution in [2.75, 3.05) is 26.2 Å². The summed E-state index contributed by atoms with van der Waals surface area (Å²) in [5.74, 6) is 0.800. The van der Waals surface area contributed by atoms with Crippen LogP contribution in [0.25, 0.3) is 0 Å². The Labute approximate surface area is 150 Å². The highest BCUT2D eigenvalue weighted by molar-refractivity contribution is 5.76. The summed E-state index contributed by atoms with van der Waals surface area (Å²) in [5, 5.41) is 0. The number of hydrogen-bond donors (Lipinski definition) is 0. The second-order valence-electron chi connectivity index (χ2n) is 7.66. The number of nitrogens with zero attached hydrogens (tertiary/aromatic N) is 3. The van der Waals surface area contributed by atoms with Crippen LogP contribution in [0.2, 0.25) is 0 Å². The Morgan fingerprint density at radius 2 is 1.92 bits per heavy atom. The van der Waals surface area contributed by atoms with Gasteiger partial charge >= 0.3 is 0 Å². The SMILES string of the molecule is C[C@H]1CCCCN1CCC1CCN(C(=O)Cn2ccccc2=O)CC1. The molecule has 0 spiro atoms. The molecule has 0 saturated carbocycles. The number of aromatic nitrogens is 1. The molecule has 1 aromatic heterocycles. The van der Waals surface area contributed by atoms with E-state index in [2.05, 4.69) is 11.8 Å². The van der Waals surface area contributed by atoms with E-state index in [-0.39, 0.29) is 18.0 Å². The number of hydrogen-bond acceptors (Lipinski definition) is 3. The summed E-state index contributed by atoms with van der Waals surface area (Å²) in [6, 6.07) is 5.74. The molecule has 0 radical (unpaired) electrons. The van der Waals surface area contributed by atoms with Crippen molar-refractivity contribution >= 4 is 5.91 Å². The molecular weight excluding hydrogens is 314 g/mol. The van der Waals surface area contributed by atoms with E-state index in [9.17, 15) is 9.59 Å². The first-order chi connectivity index (χ1) is 12.1. The molecule has 138 valence electrons. The van der Waals surface area contributed by atoms with Crippen LogP contribution >= 0.6 is 0 Å². The minimum Gasteiger partial charge on any atom is -0.341 e. The summed E-state index contributed by atoms with van der Waals surface area (Å²) in [6.07, 6.45) is 9.19. The molecule has 0 unspecified atom stereocenters. The lowest BCUT2D eigenvalue weighted by Gasteiger charge is -2.36. The normalized spacial score (nSPS) is 22.9. The van der Waals surface area contributed by atoms with E-state index in [1.165, 1.54) is 49.4 Å². The maximum atomic E-state index is 12.4. The minimum atomic E-state index is -0.110. The van der Waals surface area contributed by atoms with Crippen LogP contribution < -0.4 is 5.56 Å². The van der Waals surface area contributed by atoms with E-state index < -0.39 is 0 Å². The number of piperidine rings is 2. The topological polar surface area (TPSA) is 45.5 Å². The Morgan fingerprint density at radius 3 is 2.64 bits per heavy atom. The fourth-order valence-electron chi connectivity index (χ4n) is 4.15. The van der Waals surface area contributed by atoms with Crippen LogP contribution in [-0.2, 0) is 11.3 Å². The smallest absolute Gasteiger partial charge is 0.250 e. The first-order valence-electron chi connectivity index (χ1n) is 9.81. The van der Waals surface area contributed by atoms with E-state index in [1.807, 2.05) is 4.90 Å². The van der Waals surface area contributed by atoms with Gasteiger partial charge in [0.25, 0.3) is 5.56 Å². The van der Waals surface area contributed by atoms with Crippen molar-refractivity contribution in [2.45, 2.75) is 58.0 Å². The predicted molar refractivity (Wildman–Crippen MR) is 99.5 cm³/mol. The summed E-state index contributed by atoms with van der Waals surface area (Å²) in [4.78, 5) is 28.7. The molecule has 0 N–H and O–H groups in total. The molecule has 1 amide bonds. The molecule has 2 aliphatic heterocycles. The van der Waals surface area contributed by atoms with Gasteiger partial charge in [0.1, 0.15) is 6.54 Å². The Hall–Kier alpha value is -1.62. The van der Waals surface area contributed by atoms with Crippen LogP contribution in [0.1, 0.15) is 45.4 Å². The van der Waals surface area contributed by atoms with Gasteiger partial charge in [0, 0.05) is 31.4 Å². The maximum absolute atomic E-state index is 12.4. The molecule has 2 fully saturated rings. The van der Waals surface area contributed by atoms with Crippen LogP contribution in [0.5, 0.6) is 0 Å². The monoisotopic (exact) mass is 345 g/mol. The maximum Gasteiger partial charge on any atom is 0.250 e. The molecule has 3 heterocycles. The number of carbonyl (C=O) groups excluding carboxylic acids is 1. The zero-order valence-corrected chi connectivity index (χ0v) is 15.4. The van der Waals surface area contributed by atoms with E-state index in [0.717, 1.165) is 37.9 Å². The van der Waals surface area contributed by atoms with Gasteiger partial charge in [0.15, 0.2) is 0 Å². The van der Waals surface area contributed by atoms with Crippen molar-refractivity contribution in [3.05, 3.63) is 34.7 Å². The number of pyridine rings is 1. The van der Waals surface area contributed by atoms with Crippen LogP contribution in [0, 0.1) is 5.92 Å². The molecule has 2 aliphatic rings. The Balaban J connectivity index is 1.41. The van der Waals surface area contributed by atoms with Crippen LogP contribution in [0.3, 0.4) is 0 Å². The van der Waals surface area contributed by atoms with Gasteiger partial charge in [-0.05, 0) is 64.1 Å². The molecule has 0 bridgehead atoms. The minimum absolute atomic E-state index is 0.0661. The lowest BCUT2D eigenvalue weighted by molar-refractivity contribution is -0.133. The van der Waals surface area contributed by atoms with E-state index >= 15 is 0 Å². The van der Waals surface area contributed by atoms with Gasteiger partial charge in [-0.2, -0.15) is 0 Å². The van der Waals surface area contributed by atoms with Crippen molar-refractivity contribution in [3.63, 3.8) is 0 Å². The van der Waals surface area contributed by atoms with Crippen LogP contribution in [-0.4, -0.2) is 52.5 Å². The zero-order valence-electron chi connectivity index (χ0n) is 15.4. The lowest BCUT2D eigenvalue weighted by atomic mass is 9.92. The molecule has 5 nitrogen and oxygen atoms in total. The zero-order chi connectivity index (χ0) is 17.6. The Kier molecular flexibility index (Phi) is 6.29. The van der Waals surface area contributed by atoms with Gasteiger partial charge in [0.05, 0.1) is 0 Å². The molecular formula is C20H31N3O2. The third kappa shape index (κ3) is 4.94. The fourth-order valence-corrected chi connectivity index (χ4v) is 4.15. The van der Waals surface area contributed by atoms with Gasteiger partial charge in [-0.3, -0.25) is 9.59 Å². The van der Waals surface area contributed by atoms with Crippen molar-refractivity contribution in [1.29, 1.82) is 0 Å². The number of carbonyl (C=O) groups is 1. The third-order valence-corrected chi connectivity index (χ3v) is 5.94. The summed E-state index contributed by atoms with van der Waals surface area (Å²) in [7, 11) is 0. The summed E-state index contributed by atoms with van der Waals surface area (Å²) >= 11 is 0. The molecule has 5 heteroatoms. The average Bonchev–Trinajstić information content (AvgIpc) is 2.63. The third-order valence-electron chi connectivity index (χ3n) is 5.94. The van der Waals surface area contributed by atoms with Gasteiger partial charge in [-0.15, -0.1) is 0 Å². The standard InChI is InChI=1S/C20H31N3O2/c1-17-6-2-4-11-21(17)13-8-18-9-14-22(15-10-18)20(25)16-23-12-5-3-7-19(23)24/h3,5,7,12,17-18H,2,4,6,8-11,13-16H2,1H3/t17-/m0/s1. The fraction of sp³-hybridized carbons (Fsp3) is 0.700. The molecule has 0 aromatic carbocycles. The largest absolute Gasteiger partial charge is 0.341 e. The highest BCUT2D eigenvalue weighted by Crippen LogP contribution is 2.23. The molecule has 3 rings (SSSR count). The van der Waals surface area contributed by atoms with Gasteiger partial charge in [-0.1, -0.05) is 12.5 Å². The van der Waals surface area contributed by atoms with Gasteiger partial charge < -0.3 is 14.4 Å². The van der Waals surface area contributed by atoms with Crippen molar-refractivity contribution in [2.24, 2.45) is 5.92 Å². The second-order valence-corrected chi connectivity index (χ2v) is 7.66. The van der Waals surface area contributed by atoms with E-state index in [1.54, 1.807) is 18.3 Å². The van der Waals surface area contributed by atoms with Crippen molar-refractivity contribution < 1.29 is 4.79 Å². The first kappa shape index (κ1) is 18.2. The van der Waals surface area contributed by atoms with E-state index in [4.69, 9.17) is 0 Å². The number of amides is 1. The molecule has 1 atom stereocenters. The first-order valence-corrected chi connectivity index (χ1v) is 9.81. The Bertz CT molecular complexity index is 619. The molecule has 1 aromatic rings. The van der Waals surface area contributed by atoms with Crippen molar-refractivity contribution in [1.82, 2.24) is 14.4 Å². The second kappa shape index (κ2) is 8.65. The van der Waals surface area contributed by atoms with Gasteiger partial charge in [-0.25, -0.2) is 0 Å². The summed E-state index contributed by atoms with van der Waals surface area (Å²) in [6.45, 7) is 6.65. The predicted octanol–water partition coefficient (Wildman–Crippen LogP) is 2.35. The quantitative estimate of drug-likeness (QED) is 0.823. The molecule has 25 heavy (non-hydrogen) atoms. The Morgan fingerprint density at radius 1 is 1.12 bits per heavy atom. The van der Waals surface area contributed by atoms with Crippen molar-refractivity contribution in [3.8, 4) is 0 Å². The van der Waals surface area contributed by atoms with E-state index in [0.29, 0.717) is 0 Å². The summed E-state index contributed by atoms with van der Waals surface area (Å²) in [5.41, 5.74) is -0.110. The number of likely N-dealkylation sites (tertiary alicyclic amines) is 2. The summed E-state index contributed by atoms with van der Waals surface area (Å²) < 4.78 is 1.49. The highest BCUT2D eigenvalue weighted by Gasteiger charge is 2.24. The highest BCUT2D eigenvalue weighted by atomic mass is 16.2. The number of rotatable bonds is 5.